The van der Waals surface area contributed by atoms with Gasteiger partial charge in [0.05, 0.1) is 0 Å². The highest BCUT2D eigenvalue weighted by atomic mass is 35.5. The first-order valence-corrected chi connectivity index (χ1v) is 8.61. The van der Waals surface area contributed by atoms with E-state index in [4.69, 9.17) is 5.73 Å². The summed E-state index contributed by atoms with van der Waals surface area (Å²) in [5.74, 6) is -0.882. The van der Waals surface area contributed by atoms with Gasteiger partial charge in [-0.2, -0.15) is 0 Å². The molecule has 0 radical (unpaired) electrons. The van der Waals surface area contributed by atoms with Crippen molar-refractivity contribution in [2.75, 3.05) is 5.32 Å². The molecule has 1 aliphatic rings. The summed E-state index contributed by atoms with van der Waals surface area (Å²) in [4.78, 5) is 24.5. The quantitative estimate of drug-likeness (QED) is 0.732. The molecule has 7 heteroatoms. The lowest BCUT2D eigenvalue weighted by Gasteiger charge is -2.27. The summed E-state index contributed by atoms with van der Waals surface area (Å²) >= 11 is 0. The number of rotatable bonds is 5. The highest BCUT2D eigenvalue weighted by molar-refractivity contribution is 6.00. The van der Waals surface area contributed by atoms with Crippen molar-refractivity contribution in [3.63, 3.8) is 0 Å². The molecule has 0 fully saturated rings. The summed E-state index contributed by atoms with van der Waals surface area (Å²) in [5.41, 5.74) is 9.34. The van der Waals surface area contributed by atoms with Gasteiger partial charge in [0.15, 0.2) is 0 Å². The normalized spacial score (nSPS) is 16.6. The highest BCUT2D eigenvalue weighted by Crippen LogP contribution is 2.25. The van der Waals surface area contributed by atoms with E-state index in [2.05, 4.69) is 10.6 Å². The highest BCUT2D eigenvalue weighted by Gasteiger charge is 2.28. The van der Waals surface area contributed by atoms with Crippen LogP contribution >= 0.6 is 12.4 Å². The van der Waals surface area contributed by atoms with Crippen LogP contribution in [0.25, 0.3) is 0 Å². The molecule has 2 atom stereocenters. The number of anilines is 1. The molecule has 2 amide bonds. The van der Waals surface area contributed by atoms with Gasteiger partial charge in [-0.3, -0.25) is 9.59 Å². The lowest BCUT2D eigenvalue weighted by Crippen LogP contribution is -2.49. The Hall–Kier alpha value is -2.44. The molecule has 1 unspecified atom stereocenters. The summed E-state index contributed by atoms with van der Waals surface area (Å²) < 4.78 is 13.7. The second-order valence-corrected chi connectivity index (χ2v) is 6.67. The average molecular weight is 392 g/mol. The van der Waals surface area contributed by atoms with Gasteiger partial charge in [0.1, 0.15) is 11.9 Å². The molecule has 0 aliphatic carbocycles. The van der Waals surface area contributed by atoms with Crippen molar-refractivity contribution in [3.05, 3.63) is 65.0 Å². The van der Waals surface area contributed by atoms with Crippen LogP contribution in [0.2, 0.25) is 0 Å². The second kappa shape index (κ2) is 8.97. The topological polar surface area (TPSA) is 84.2 Å². The van der Waals surface area contributed by atoms with Crippen LogP contribution in [0.15, 0.2) is 42.5 Å². The third-order valence-corrected chi connectivity index (χ3v) is 4.62. The fraction of sp³-hybridized carbons (Fsp3) is 0.300. The average Bonchev–Trinajstić information content (AvgIpc) is 2.58. The smallest absolute Gasteiger partial charge is 0.247 e. The predicted molar refractivity (Wildman–Crippen MR) is 105 cm³/mol. The maximum atomic E-state index is 13.7. The van der Waals surface area contributed by atoms with Gasteiger partial charge in [0, 0.05) is 24.6 Å². The van der Waals surface area contributed by atoms with Gasteiger partial charge in [0.25, 0.3) is 0 Å². The van der Waals surface area contributed by atoms with Crippen molar-refractivity contribution in [2.24, 2.45) is 5.73 Å². The number of aryl methyl sites for hydroxylation is 1. The molecule has 0 saturated heterocycles. The first-order chi connectivity index (χ1) is 12.4. The number of hydrogen-bond acceptors (Lipinski definition) is 3. The number of fused-ring (bicyclic) bond motifs is 1. The van der Waals surface area contributed by atoms with Crippen molar-refractivity contribution in [1.29, 1.82) is 0 Å². The summed E-state index contributed by atoms with van der Waals surface area (Å²) in [7, 11) is 0. The molecule has 27 heavy (non-hydrogen) atoms. The Morgan fingerprint density at radius 2 is 2.04 bits per heavy atom. The molecule has 4 N–H and O–H groups in total. The van der Waals surface area contributed by atoms with Gasteiger partial charge in [-0.15, -0.1) is 12.4 Å². The number of carbonyl (C=O) groups excluding carboxylic acids is 2. The maximum Gasteiger partial charge on any atom is 0.247 e. The number of amides is 2. The molecule has 144 valence electrons. The monoisotopic (exact) mass is 391 g/mol. The van der Waals surface area contributed by atoms with E-state index in [0.717, 1.165) is 16.8 Å². The largest absolute Gasteiger partial charge is 0.344 e. The summed E-state index contributed by atoms with van der Waals surface area (Å²) in [6.45, 7) is 1.97. The van der Waals surface area contributed by atoms with Gasteiger partial charge in [-0.25, -0.2) is 4.39 Å². The molecule has 2 aromatic rings. The number of benzene rings is 2. The van der Waals surface area contributed by atoms with Crippen LogP contribution in [-0.4, -0.2) is 23.9 Å². The standard InChI is InChI=1S/C20H22FN3O2.ClH/c1-12-5-4-8-17-15(12)11-18(20(26)24-17)23-19(25)10-14(22)9-13-6-2-3-7-16(13)21;/h2-8,14,18H,9-11,22H2,1H3,(H,23,25)(H,24,26);1H/t14-,18?;/m1./s1. The third kappa shape index (κ3) is 5.05. The van der Waals surface area contributed by atoms with Crippen LogP contribution in [0.5, 0.6) is 0 Å². The third-order valence-electron chi connectivity index (χ3n) is 4.62. The number of halogens is 2. The van der Waals surface area contributed by atoms with E-state index in [-0.39, 0.29) is 42.9 Å². The molecule has 0 aromatic heterocycles. The molecule has 2 aromatic carbocycles. The molecular formula is C20H23ClFN3O2. The molecule has 5 nitrogen and oxygen atoms in total. The van der Waals surface area contributed by atoms with E-state index in [1.807, 2.05) is 25.1 Å². The van der Waals surface area contributed by atoms with Crippen molar-refractivity contribution in [2.45, 2.75) is 38.3 Å². The van der Waals surface area contributed by atoms with Crippen LogP contribution in [0, 0.1) is 12.7 Å². The Morgan fingerprint density at radius 3 is 2.78 bits per heavy atom. The Kier molecular flexibility index (Phi) is 6.93. The summed E-state index contributed by atoms with van der Waals surface area (Å²) in [6, 6.07) is 10.9. The van der Waals surface area contributed by atoms with Gasteiger partial charge < -0.3 is 16.4 Å². The molecule has 1 aliphatic heterocycles. The number of nitrogens with two attached hydrogens (primary N) is 1. The molecule has 3 rings (SSSR count). The molecule has 1 heterocycles. The molecule has 0 bridgehead atoms. The maximum absolute atomic E-state index is 13.7. The minimum absolute atomic E-state index is 0. The number of nitrogens with one attached hydrogen (secondary N) is 2. The van der Waals surface area contributed by atoms with Gasteiger partial charge in [-0.05, 0) is 42.2 Å². The molecular weight excluding hydrogens is 369 g/mol. The minimum Gasteiger partial charge on any atom is -0.344 e. The lowest BCUT2D eigenvalue weighted by molar-refractivity contribution is -0.126. The van der Waals surface area contributed by atoms with E-state index in [0.29, 0.717) is 12.0 Å². The Labute approximate surface area is 163 Å². The molecule has 0 saturated carbocycles. The Balaban J connectivity index is 0.00000261. The van der Waals surface area contributed by atoms with E-state index in [1.54, 1.807) is 18.2 Å². The first kappa shape index (κ1) is 20.9. The Bertz CT molecular complexity index is 844. The van der Waals surface area contributed by atoms with Gasteiger partial charge >= 0.3 is 0 Å². The molecule has 0 spiro atoms. The number of hydrogen-bond donors (Lipinski definition) is 3. The summed E-state index contributed by atoms with van der Waals surface area (Å²) in [5, 5.41) is 5.57. The zero-order valence-electron chi connectivity index (χ0n) is 15.0. The van der Waals surface area contributed by atoms with Crippen molar-refractivity contribution < 1.29 is 14.0 Å². The zero-order valence-corrected chi connectivity index (χ0v) is 15.8. The van der Waals surface area contributed by atoms with Crippen LogP contribution in [-0.2, 0) is 22.4 Å². The van der Waals surface area contributed by atoms with Crippen LogP contribution in [0.3, 0.4) is 0 Å². The van der Waals surface area contributed by atoms with E-state index < -0.39 is 12.1 Å². The van der Waals surface area contributed by atoms with Crippen molar-refractivity contribution >= 4 is 29.9 Å². The van der Waals surface area contributed by atoms with Crippen molar-refractivity contribution in [3.8, 4) is 0 Å². The van der Waals surface area contributed by atoms with Gasteiger partial charge in [0.2, 0.25) is 11.8 Å². The summed E-state index contributed by atoms with van der Waals surface area (Å²) in [6.07, 6.45) is 0.736. The number of carbonyl (C=O) groups is 2. The Morgan fingerprint density at radius 1 is 1.30 bits per heavy atom. The predicted octanol–water partition coefficient (Wildman–Crippen LogP) is 2.50. The van der Waals surface area contributed by atoms with Crippen LogP contribution in [0.1, 0.15) is 23.1 Å². The second-order valence-electron chi connectivity index (χ2n) is 6.67. The van der Waals surface area contributed by atoms with Crippen molar-refractivity contribution in [1.82, 2.24) is 5.32 Å². The van der Waals surface area contributed by atoms with E-state index in [9.17, 15) is 14.0 Å². The van der Waals surface area contributed by atoms with E-state index >= 15 is 0 Å². The fourth-order valence-corrected chi connectivity index (χ4v) is 3.23. The minimum atomic E-state index is -0.628. The zero-order chi connectivity index (χ0) is 18.7. The van der Waals surface area contributed by atoms with Crippen LogP contribution in [0.4, 0.5) is 10.1 Å². The fourth-order valence-electron chi connectivity index (χ4n) is 3.23. The van der Waals surface area contributed by atoms with E-state index in [1.165, 1.54) is 6.07 Å². The lowest BCUT2D eigenvalue weighted by atomic mass is 9.94. The van der Waals surface area contributed by atoms with Gasteiger partial charge in [-0.1, -0.05) is 30.3 Å². The van der Waals surface area contributed by atoms with Crippen LogP contribution < -0.4 is 16.4 Å². The SMILES string of the molecule is Cc1cccc2c1CC(NC(=O)C[C@H](N)Cc1ccccc1F)C(=O)N2.Cl. The first-order valence-electron chi connectivity index (χ1n) is 8.61.